The van der Waals surface area contributed by atoms with E-state index >= 15 is 0 Å². The molecule has 0 saturated carbocycles. The van der Waals surface area contributed by atoms with Gasteiger partial charge in [0.05, 0.1) is 12.4 Å². The summed E-state index contributed by atoms with van der Waals surface area (Å²) in [7, 11) is 0. The maximum atomic E-state index is 10.7. The molecule has 16 heavy (non-hydrogen) atoms. The predicted octanol–water partition coefficient (Wildman–Crippen LogP) is -2.01. The summed E-state index contributed by atoms with van der Waals surface area (Å²) in [5.41, 5.74) is 9.80. The monoisotopic (exact) mass is 226 g/mol. The molecule has 86 valence electrons. The summed E-state index contributed by atoms with van der Waals surface area (Å²) < 4.78 is 0. The molecular formula is C6H10N8O2. The zero-order valence-corrected chi connectivity index (χ0v) is 8.07. The minimum absolute atomic E-state index is 0.00844. The number of hydrogen-bond acceptors (Lipinski definition) is 6. The summed E-state index contributed by atoms with van der Waals surface area (Å²) in [6, 6.07) is -1.80. The first-order valence-corrected chi connectivity index (χ1v) is 3.94. The van der Waals surface area contributed by atoms with Crippen LogP contribution in [0.4, 0.5) is 21.2 Å². The number of aromatic nitrogens is 2. The van der Waals surface area contributed by atoms with Crippen LogP contribution >= 0.6 is 0 Å². The van der Waals surface area contributed by atoms with Crippen LogP contribution in [-0.2, 0) is 0 Å². The van der Waals surface area contributed by atoms with Crippen LogP contribution in [0.5, 0.6) is 0 Å². The highest BCUT2D eigenvalue weighted by Crippen LogP contribution is 2.09. The molecule has 1 aromatic rings. The Hall–Kier alpha value is -2.46. The lowest BCUT2D eigenvalue weighted by molar-refractivity contribution is 0.253. The van der Waals surface area contributed by atoms with E-state index in [0.29, 0.717) is 10.0 Å². The Kier molecular flexibility index (Phi) is 3.17. The Bertz CT molecular complexity index is 364. The molecule has 0 aliphatic carbocycles. The van der Waals surface area contributed by atoms with Crippen molar-refractivity contribution in [3.05, 3.63) is 12.4 Å². The van der Waals surface area contributed by atoms with Crippen molar-refractivity contribution in [2.75, 3.05) is 10.0 Å². The van der Waals surface area contributed by atoms with Gasteiger partial charge in [-0.15, -0.1) is 0 Å². The molecule has 0 bridgehead atoms. The number of amides is 4. The Balaban J connectivity index is 2.91. The highest BCUT2D eigenvalue weighted by Gasteiger charge is 2.12. The molecule has 1 heterocycles. The second-order valence-electron chi connectivity index (χ2n) is 2.65. The molecule has 0 saturated heterocycles. The number of urea groups is 2. The highest BCUT2D eigenvalue weighted by atomic mass is 16.2. The van der Waals surface area contributed by atoms with Gasteiger partial charge in [-0.3, -0.25) is 0 Å². The van der Waals surface area contributed by atoms with Crippen molar-refractivity contribution < 1.29 is 9.59 Å². The van der Waals surface area contributed by atoms with Crippen molar-refractivity contribution in [2.45, 2.75) is 0 Å². The third-order valence-electron chi connectivity index (χ3n) is 1.59. The van der Waals surface area contributed by atoms with Gasteiger partial charge in [-0.05, 0) is 0 Å². The smallest absolute Gasteiger partial charge is 0.335 e. The van der Waals surface area contributed by atoms with Gasteiger partial charge in [-0.25, -0.2) is 41.3 Å². The van der Waals surface area contributed by atoms with E-state index in [1.165, 1.54) is 0 Å². The number of hydrogen-bond donors (Lipinski definition) is 4. The summed E-state index contributed by atoms with van der Waals surface area (Å²) in [5, 5.41) is 1.17. The van der Waals surface area contributed by atoms with E-state index in [-0.39, 0.29) is 11.6 Å². The molecule has 10 nitrogen and oxygen atoms in total. The summed E-state index contributed by atoms with van der Waals surface area (Å²) in [6.07, 6.45) is 2.23. The molecule has 0 fully saturated rings. The largest absolute Gasteiger partial charge is 0.350 e. The van der Waals surface area contributed by atoms with Crippen molar-refractivity contribution in [1.82, 2.24) is 9.97 Å². The lowest BCUT2D eigenvalue weighted by Crippen LogP contribution is -2.43. The Morgan fingerprint density at radius 2 is 1.25 bits per heavy atom. The van der Waals surface area contributed by atoms with Crippen LogP contribution in [-0.4, -0.2) is 22.0 Å². The molecule has 10 heteroatoms. The molecule has 0 unspecified atom stereocenters. The van der Waals surface area contributed by atoms with Gasteiger partial charge in [-0.2, -0.15) is 0 Å². The van der Waals surface area contributed by atoms with Gasteiger partial charge in [0, 0.05) is 0 Å². The van der Waals surface area contributed by atoms with Gasteiger partial charge < -0.3 is 11.5 Å². The fourth-order valence-corrected chi connectivity index (χ4v) is 0.789. The molecule has 0 aromatic carbocycles. The number of hydrazine groups is 2. The highest BCUT2D eigenvalue weighted by molar-refractivity contribution is 5.89. The normalized spacial score (nSPS) is 9.62. The first-order chi connectivity index (χ1) is 7.43. The number of carbonyl (C=O) groups excluding carboxylic acids is 2. The van der Waals surface area contributed by atoms with Crippen LogP contribution in [0.2, 0.25) is 0 Å². The SMILES string of the molecule is NC(=O)N(N)c1cnc(N(N)C(N)=O)cn1. The first kappa shape index (κ1) is 11.6. The van der Waals surface area contributed by atoms with E-state index in [2.05, 4.69) is 9.97 Å². The minimum atomic E-state index is -0.901. The Morgan fingerprint density at radius 1 is 0.938 bits per heavy atom. The van der Waals surface area contributed by atoms with Gasteiger partial charge in [0.25, 0.3) is 0 Å². The van der Waals surface area contributed by atoms with Crippen molar-refractivity contribution >= 4 is 23.7 Å². The van der Waals surface area contributed by atoms with Crippen LogP contribution in [0.15, 0.2) is 12.4 Å². The van der Waals surface area contributed by atoms with Gasteiger partial charge >= 0.3 is 12.1 Å². The molecule has 1 aromatic heterocycles. The number of nitrogens with two attached hydrogens (primary N) is 4. The number of anilines is 2. The molecule has 0 aliphatic rings. The third kappa shape index (κ3) is 2.31. The quantitative estimate of drug-likeness (QED) is 0.258. The van der Waals surface area contributed by atoms with Crippen LogP contribution in [0, 0.1) is 0 Å². The minimum Gasteiger partial charge on any atom is -0.350 e. The molecule has 0 spiro atoms. The summed E-state index contributed by atoms with van der Waals surface area (Å²) in [5.74, 6) is 10.5. The lowest BCUT2D eigenvalue weighted by Gasteiger charge is -2.14. The first-order valence-electron chi connectivity index (χ1n) is 3.94. The standard InChI is InChI=1S/C6H10N8O2/c7-5(15)13(9)3-1-11-4(2-12-3)14(10)6(8)16/h1-2H,9-10H2,(H2,7,15)(H2,8,16). The average molecular weight is 226 g/mol. The molecule has 8 N–H and O–H groups in total. The molecule has 0 aliphatic heterocycles. The van der Waals surface area contributed by atoms with E-state index in [1.54, 1.807) is 0 Å². The van der Waals surface area contributed by atoms with Crippen molar-refractivity contribution in [3.63, 3.8) is 0 Å². The average Bonchev–Trinajstić information content (AvgIpc) is 2.27. The topological polar surface area (TPSA) is 170 Å². The molecular weight excluding hydrogens is 216 g/mol. The third-order valence-corrected chi connectivity index (χ3v) is 1.59. The second-order valence-corrected chi connectivity index (χ2v) is 2.65. The second kappa shape index (κ2) is 4.37. The maximum absolute atomic E-state index is 10.7. The van der Waals surface area contributed by atoms with E-state index in [4.69, 9.17) is 23.2 Å². The lowest BCUT2D eigenvalue weighted by atomic mass is 10.6. The van der Waals surface area contributed by atoms with Crippen LogP contribution in [0.1, 0.15) is 0 Å². The molecule has 0 radical (unpaired) electrons. The van der Waals surface area contributed by atoms with Gasteiger partial charge in [0.2, 0.25) is 0 Å². The summed E-state index contributed by atoms with van der Waals surface area (Å²) >= 11 is 0. The number of carbonyl (C=O) groups is 2. The van der Waals surface area contributed by atoms with Crippen LogP contribution < -0.4 is 33.2 Å². The van der Waals surface area contributed by atoms with Crippen LogP contribution in [0.3, 0.4) is 0 Å². The number of rotatable bonds is 2. The maximum Gasteiger partial charge on any atom is 0.335 e. The van der Waals surface area contributed by atoms with Crippen molar-refractivity contribution in [3.8, 4) is 0 Å². The van der Waals surface area contributed by atoms with Gasteiger partial charge in [0.1, 0.15) is 0 Å². The summed E-state index contributed by atoms with van der Waals surface area (Å²) in [6.45, 7) is 0. The zero-order chi connectivity index (χ0) is 12.3. The Morgan fingerprint density at radius 3 is 1.44 bits per heavy atom. The van der Waals surface area contributed by atoms with Crippen molar-refractivity contribution in [1.29, 1.82) is 0 Å². The van der Waals surface area contributed by atoms with Gasteiger partial charge in [0.15, 0.2) is 11.6 Å². The fraction of sp³-hybridized carbons (Fsp3) is 0. The zero-order valence-electron chi connectivity index (χ0n) is 8.07. The summed E-state index contributed by atoms with van der Waals surface area (Å²) in [4.78, 5) is 28.8. The van der Waals surface area contributed by atoms with Crippen molar-refractivity contribution in [2.24, 2.45) is 23.2 Å². The fourth-order valence-electron chi connectivity index (χ4n) is 0.789. The Labute approximate surface area is 89.7 Å². The van der Waals surface area contributed by atoms with E-state index < -0.39 is 12.1 Å². The van der Waals surface area contributed by atoms with E-state index in [1.807, 2.05) is 0 Å². The van der Waals surface area contributed by atoms with Gasteiger partial charge in [-0.1, -0.05) is 0 Å². The number of primary amides is 2. The molecule has 1 rings (SSSR count). The number of nitrogens with zero attached hydrogens (tertiary/aromatic N) is 4. The van der Waals surface area contributed by atoms with Crippen LogP contribution in [0.25, 0.3) is 0 Å². The van der Waals surface area contributed by atoms with E-state index in [9.17, 15) is 9.59 Å². The molecule has 0 atom stereocenters. The van der Waals surface area contributed by atoms with E-state index in [0.717, 1.165) is 12.4 Å². The predicted molar refractivity (Wildman–Crippen MR) is 54.5 cm³/mol. The molecule has 4 amide bonds.